The Kier molecular flexibility index (Phi) is 2.75. The summed E-state index contributed by atoms with van der Waals surface area (Å²) in [5.41, 5.74) is 2.91. The average molecular weight is 272 g/mol. The molecule has 0 unspecified atom stereocenters. The van der Waals surface area contributed by atoms with E-state index in [0.717, 1.165) is 22.2 Å². The lowest BCUT2D eigenvalue weighted by Crippen LogP contribution is -1.94. The molecule has 2 heterocycles. The van der Waals surface area contributed by atoms with Crippen LogP contribution in [0, 0.1) is 0 Å². The third kappa shape index (κ3) is 2.09. The monoisotopic (exact) mass is 272 g/mol. The first kappa shape index (κ1) is 11.9. The van der Waals surface area contributed by atoms with Gasteiger partial charge in [0.25, 0.3) is 0 Å². The maximum absolute atomic E-state index is 5.43. The van der Waals surface area contributed by atoms with Crippen LogP contribution >= 0.6 is 0 Å². The number of hydrogen-bond acceptors (Lipinski definition) is 3. The summed E-state index contributed by atoms with van der Waals surface area (Å²) in [6.07, 6.45) is 1.63. The van der Waals surface area contributed by atoms with Crippen LogP contribution < -0.4 is 0 Å². The number of benzene rings is 2. The molecule has 0 saturated heterocycles. The molecule has 0 fully saturated rings. The number of nitrogens with zero attached hydrogens (tertiary/aromatic N) is 2. The minimum Gasteiger partial charge on any atom is -0.461 e. The number of aromatic nitrogens is 2. The third-order valence-electron chi connectivity index (χ3n) is 3.39. The molecule has 0 radical (unpaired) electrons. The van der Waals surface area contributed by atoms with Gasteiger partial charge in [0.05, 0.1) is 17.5 Å². The van der Waals surface area contributed by atoms with Crippen LogP contribution in [0.5, 0.6) is 0 Å². The molecule has 0 atom stereocenters. The van der Waals surface area contributed by atoms with E-state index < -0.39 is 0 Å². The van der Waals surface area contributed by atoms with E-state index in [1.165, 1.54) is 0 Å². The Balaban J connectivity index is 2.04. The highest BCUT2D eigenvalue weighted by atomic mass is 16.3. The Hall–Kier alpha value is -2.94. The first-order chi connectivity index (χ1) is 10.4. The summed E-state index contributed by atoms with van der Waals surface area (Å²) in [6.45, 7) is 0. The lowest BCUT2D eigenvalue weighted by Gasteiger charge is -2.07. The van der Waals surface area contributed by atoms with Gasteiger partial charge < -0.3 is 4.42 Å². The molecule has 100 valence electrons. The number of para-hydroxylation sites is 1. The Morgan fingerprint density at radius 2 is 1.52 bits per heavy atom. The van der Waals surface area contributed by atoms with E-state index in [1.807, 2.05) is 54.6 Å². The van der Waals surface area contributed by atoms with Crippen LogP contribution in [0.3, 0.4) is 0 Å². The predicted octanol–water partition coefficient (Wildman–Crippen LogP) is 4.56. The number of rotatable bonds is 2. The molecule has 0 aliphatic carbocycles. The van der Waals surface area contributed by atoms with Crippen LogP contribution in [0.1, 0.15) is 0 Å². The smallest absolute Gasteiger partial charge is 0.196 e. The van der Waals surface area contributed by atoms with E-state index in [2.05, 4.69) is 17.1 Å². The summed E-state index contributed by atoms with van der Waals surface area (Å²) >= 11 is 0. The second-order valence-corrected chi connectivity index (χ2v) is 4.76. The molecule has 0 aliphatic heterocycles. The minimum atomic E-state index is 0.609. The van der Waals surface area contributed by atoms with Crippen molar-refractivity contribution in [2.75, 3.05) is 0 Å². The van der Waals surface area contributed by atoms with Gasteiger partial charge in [-0.25, -0.2) is 9.97 Å². The number of hydrogen-bond donors (Lipinski definition) is 0. The summed E-state index contributed by atoms with van der Waals surface area (Å²) in [6, 6.07) is 21.9. The van der Waals surface area contributed by atoms with Gasteiger partial charge in [-0.3, -0.25) is 0 Å². The molecule has 0 N–H and O–H groups in total. The van der Waals surface area contributed by atoms with Gasteiger partial charge in [-0.2, -0.15) is 0 Å². The highest BCUT2D eigenvalue weighted by Gasteiger charge is 2.12. The molecule has 3 nitrogen and oxygen atoms in total. The third-order valence-corrected chi connectivity index (χ3v) is 3.39. The zero-order valence-corrected chi connectivity index (χ0v) is 11.2. The van der Waals surface area contributed by atoms with Gasteiger partial charge in [0, 0.05) is 10.9 Å². The van der Waals surface area contributed by atoms with Crippen molar-refractivity contribution in [3.63, 3.8) is 0 Å². The SMILES string of the molecule is c1ccc(-c2nc(-c3ccco3)nc3ccccc23)cc1. The average Bonchev–Trinajstić information content (AvgIpc) is 3.09. The van der Waals surface area contributed by atoms with Crippen molar-refractivity contribution in [1.29, 1.82) is 0 Å². The van der Waals surface area contributed by atoms with E-state index in [1.54, 1.807) is 6.26 Å². The van der Waals surface area contributed by atoms with Crippen molar-refractivity contribution >= 4 is 10.9 Å². The molecule has 21 heavy (non-hydrogen) atoms. The Bertz CT molecular complexity index is 884. The molecular weight excluding hydrogens is 260 g/mol. The van der Waals surface area contributed by atoms with Crippen molar-refractivity contribution in [2.45, 2.75) is 0 Å². The standard InChI is InChI=1S/C18H12N2O/c1-2-7-13(8-3-1)17-14-9-4-5-10-15(14)19-18(20-17)16-11-6-12-21-16/h1-12H. The quantitative estimate of drug-likeness (QED) is 0.537. The maximum atomic E-state index is 5.43. The highest BCUT2D eigenvalue weighted by molar-refractivity contribution is 5.93. The Morgan fingerprint density at radius 1 is 0.714 bits per heavy atom. The zero-order chi connectivity index (χ0) is 14.1. The zero-order valence-electron chi connectivity index (χ0n) is 11.2. The first-order valence-electron chi connectivity index (χ1n) is 6.78. The van der Waals surface area contributed by atoms with Crippen molar-refractivity contribution in [3.05, 3.63) is 73.0 Å². The second-order valence-electron chi connectivity index (χ2n) is 4.76. The molecule has 2 aromatic heterocycles. The predicted molar refractivity (Wildman–Crippen MR) is 82.7 cm³/mol. The second kappa shape index (κ2) is 4.87. The minimum absolute atomic E-state index is 0.609. The summed E-state index contributed by atoms with van der Waals surface area (Å²) in [5.74, 6) is 1.29. The molecule has 0 saturated carbocycles. The van der Waals surface area contributed by atoms with Crippen LogP contribution in [0.15, 0.2) is 77.4 Å². The topological polar surface area (TPSA) is 38.9 Å². The summed E-state index contributed by atoms with van der Waals surface area (Å²) in [5, 5.41) is 1.04. The van der Waals surface area contributed by atoms with E-state index in [4.69, 9.17) is 9.40 Å². The van der Waals surface area contributed by atoms with Gasteiger partial charge >= 0.3 is 0 Å². The fourth-order valence-electron chi connectivity index (χ4n) is 2.41. The van der Waals surface area contributed by atoms with Crippen molar-refractivity contribution in [1.82, 2.24) is 9.97 Å². The Morgan fingerprint density at radius 3 is 2.33 bits per heavy atom. The largest absolute Gasteiger partial charge is 0.461 e. The molecule has 3 heteroatoms. The van der Waals surface area contributed by atoms with Crippen molar-refractivity contribution < 1.29 is 4.42 Å². The lowest BCUT2D eigenvalue weighted by atomic mass is 10.1. The molecule has 4 rings (SSSR count). The van der Waals surface area contributed by atoms with Gasteiger partial charge in [-0.15, -0.1) is 0 Å². The van der Waals surface area contributed by atoms with Crippen LogP contribution in [0.25, 0.3) is 33.7 Å². The molecule has 0 spiro atoms. The molecule has 4 aromatic rings. The highest BCUT2D eigenvalue weighted by Crippen LogP contribution is 2.28. The molecule has 0 aliphatic rings. The van der Waals surface area contributed by atoms with Crippen LogP contribution in [0.4, 0.5) is 0 Å². The fraction of sp³-hybridized carbons (Fsp3) is 0. The van der Waals surface area contributed by atoms with E-state index >= 15 is 0 Å². The van der Waals surface area contributed by atoms with Crippen molar-refractivity contribution in [2.24, 2.45) is 0 Å². The lowest BCUT2D eigenvalue weighted by molar-refractivity contribution is 0.577. The van der Waals surface area contributed by atoms with Gasteiger partial charge in [0.1, 0.15) is 0 Å². The first-order valence-corrected chi connectivity index (χ1v) is 6.78. The van der Waals surface area contributed by atoms with Gasteiger partial charge in [0.2, 0.25) is 0 Å². The number of fused-ring (bicyclic) bond motifs is 1. The van der Waals surface area contributed by atoms with E-state index in [9.17, 15) is 0 Å². The fourth-order valence-corrected chi connectivity index (χ4v) is 2.41. The van der Waals surface area contributed by atoms with Crippen LogP contribution in [-0.2, 0) is 0 Å². The van der Waals surface area contributed by atoms with Crippen LogP contribution in [0.2, 0.25) is 0 Å². The van der Waals surface area contributed by atoms with Crippen LogP contribution in [-0.4, -0.2) is 9.97 Å². The molecule has 2 aromatic carbocycles. The van der Waals surface area contributed by atoms with Crippen molar-refractivity contribution in [3.8, 4) is 22.8 Å². The van der Waals surface area contributed by atoms with E-state index in [-0.39, 0.29) is 0 Å². The summed E-state index contributed by atoms with van der Waals surface area (Å²) in [7, 11) is 0. The summed E-state index contributed by atoms with van der Waals surface area (Å²) < 4.78 is 5.43. The van der Waals surface area contributed by atoms with Gasteiger partial charge in [-0.1, -0.05) is 48.5 Å². The molecule has 0 amide bonds. The van der Waals surface area contributed by atoms with Gasteiger partial charge in [0.15, 0.2) is 11.6 Å². The Labute approximate surface area is 121 Å². The summed E-state index contributed by atoms with van der Waals surface area (Å²) in [4.78, 5) is 9.31. The number of furan rings is 1. The van der Waals surface area contributed by atoms with E-state index in [0.29, 0.717) is 11.6 Å². The maximum Gasteiger partial charge on any atom is 0.196 e. The molecule has 0 bridgehead atoms. The normalized spacial score (nSPS) is 10.9. The van der Waals surface area contributed by atoms with Gasteiger partial charge in [-0.05, 0) is 18.2 Å². The molecular formula is C18H12N2O.